The first kappa shape index (κ1) is 24.7. The maximum atomic E-state index is 6.21. The molecule has 0 bridgehead atoms. The highest BCUT2D eigenvalue weighted by atomic mass is 16.5. The van der Waals surface area contributed by atoms with Crippen molar-refractivity contribution >= 4 is 0 Å². The molecule has 1 atom stereocenters. The minimum absolute atomic E-state index is 0.162. The van der Waals surface area contributed by atoms with E-state index in [9.17, 15) is 0 Å². The third kappa shape index (κ3) is 6.07. The fourth-order valence-corrected chi connectivity index (χ4v) is 4.77. The van der Waals surface area contributed by atoms with E-state index < -0.39 is 0 Å². The number of rotatable bonds is 10. The summed E-state index contributed by atoms with van der Waals surface area (Å²) in [6.07, 6.45) is 1.78. The van der Waals surface area contributed by atoms with E-state index in [1.807, 2.05) is 42.5 Å². The molecule has 0 fully saturated rings. The van der Waals surface area contributed by atoms with Gasteiger partial charge in [0.05, 0.1) is 14.2 Å². The van der Waals surface area contributed by atoms with Crippen LogP contribution in [0.2, 0.25) is 0 Å². The first-order valence-electron chi connectivity index (χ1n) is 12.7. The van der Waals surface area contributed by atoms with Crippen LogP contribution >= 0.6 is 0 Å². The first-order chi connectivity index (χ1) is 18.2. The Bertz CT molecular complexity index is 1310. The lowest BCUT2D eigenvalue weighted by atomic mass is 9.89. The standard InChI is InChI=1S/C32H33NO4/c1-34-30-18-25(13-14-29(30)36-21-23-9-5-3-6-10-23)17-28-27-20-32(37-22-24-11-7-4-8-12-24)31(35-2)19-26(27)15-16-33-28/h3-14,18-20,28,33H,15-17,21-22H2,1-2H3/t28-/m1/s1. The van der Waals surface area contributed by atoms with E-state index in [1.54, 1.807) is 14.2 Å². The van der Waals surface area contributed by atoms with Gasteiger partial charge in [-0.1, -0.05) is 66.7 Å². The van der Waals surface area contributed by atoms with Gasteiger partial charge in [0.25, 0.3) is 0 Å². The van der Waals surface area contributed by atoms with E-state index in [-0.39, 0.29) is 6.04 Å². The highest BCUT2D eigenvalue weighted by molar-refractivity contribution is 5.50. The Balaban J connectivity index is 1.33. The maximum absolute atomic E-state index is 6.21. The number of benzene rings is 4. The highest BCUT2D eigenvalue weighted by Gasteiger charge is 2.23. The van der Waals surface area contributed by atoms with Gasteiger partial charge in [0.15, 0.2) is 23.0 Å². The second-order valence-corrected chi connectivity index (χ2v) is 9.20. The number of methoxy groups -OCH3 is 2. The van der Waals surface area contributed by atoms with Crippen molar-refractivity contribution < 1.29 is 18.9 Å². The van der Waals surface area contributed by atoms with Crippen molar-refractivity contribution in [2.45, 2.75) is 32.1 Å². The molecule has 4 aromatic carbocycles. The van der Waals surface area contributed by atoms with Gasteiger partial charge in [0, 0.05) is 6.04 Å². The molecule has 0 aromatic heterocycles. The zero-order chi connectivity index (χ0) is 25.5. The molecule has 0 amide bonds. The summed E-state index contributed by atoms with van der Waals surface area (Å²) in [5.74, 6) is 3.03. The lowest BCUT2D eigenvalue weighted by Crippen LogP contribution is -2.31. The second-order valence-electron chi connectivity index (χ2n) is 9.20. The van der Waals surface area contributed by atoms with E-state index in [4.69, 9.17) is 18.9 Å². The summed E-state index contributed by atoms with van der Waals surface area (Å²) in [7, 11) is 3.38. The first-order valence-corrected chi connectivity index (χ1v) is 12.7. The van der Waals surface area contributed by atoms with Gasteiger partial charge < -0.3 is 24.3 Å². The quantitative estimate of drug-likeness (QED) is 0.280. The zero-order valence-electron chi connectivity index (χ0n) is 21.4. The fourth-order valence-electron chi connectivity index (χ4n) is 4.77. The molecule has 190 valence electrons. The minimum Gasteiger partial charge on any atom is -0.493 e. The summed E-state index contributed by atoms with van der Waals surface area (Å²) in [6, 6.07) is 31.0. The molecular weight excluding hydrogens is 462 g/mol. The molecule has 0 unspecified atom stereocenters. The van der Waals surface area contributed by atoms with Crippen LogP contribution in [0.4, 0.5) is 0 Å². The maximum Gasteiger partial charge on any atom is 0.162 e. The van der Waals surface area contributed by atoms with Crippen LogP contribution in [-0.2, 0) is 26.1 Å². The second kappa shape index (κ2) is 11.8. The summed E-state index contributed by atoms with van der Waals surface area (Å²) in [6.45, 7) is 1.91. The lowest BCUT2D eigenvalue weighted by Gasteiger charge is -2.28. The van der Waals surface area contributed by atoms with Crippen LogP contribution in [0, 0.1) is 0 Å². The Morgan fingerprint density at radius 2 is 1.27 bits per heavy atom. The van der Waals surface area contributed by atoms with Gasteiger partial charge in [-0.3, -0.25) is 0 Å². The summed E-state index contributed by atoms with van der Waals surface area (Å²) in [5.41, 5.74) is 5.97. The number of ether oxygens (including phenoxy) is 4. The van der Waals surface area contributed by atoms with Crippen LogP contribution < -0.4 is 24.3 Å². The van der Waals surface area contributed by atoms with Gasteiger partial charge in [-0.05, 0) is 71.5 Å². The molecule has 4 aromatic rings. The number of hydrogen-bond donors (Lipinski definition) is 1. The van der Waals surface area contributed by atoms with Gasteiger partial charge in [0.1, 0.15) is 13.2 Å². The van der Waals surface area contributed by atoms with Crippen LogP contribution in [0.3, 0.4) is 0 Å². The zero-order valence-corrected chi connectivity index (χ0v) is 21.4. The number of hydrogen-bond acceptors (Lipinski definition) is 5. The molecule has 0 aliphatic carbocycles. The Kier molecular flexibility index (Phi) is 7.92. The normalized spacial score (nSPS) is 14.5. The van der Waals surface area contributed by atoms with Crippen molar-refractivity contribution in [2.75, 3.05) is 20.8 Å². The van der Waals surface area contributed by atoms with Crippen LogP contribution in [0.25, 0.3) is 0 Å². The molecular formula is C32H33NO4. The fraction of sp³-hybridized carbons (Fsp3) is 0.250. The van der Waals surface area contributed by atoms with E-state index >= 15 is 0 Å². The van der Waals surface area contributed by atoms with Crippen molar-refractivity contribution in [2.24, 2.45) is 0 Å². The Morgan fingerprint density at radius 1 is 0.649 bits per heavy atom. The van der Waals surface area contributed by atoms with Crippen molar-refractivity contribution in [1.82, 2.24) is 5.32 Å². The highest BCUT2D eigenvalue weighted by Crippen LogP contribution is 2.38. The molecule has 1 N–H and O–H groups in total. The molecule has 0 saturated heterocycles. The molecule has 0 radical (unpaired) electrons. The van der Waals surface area contributed by atoms with Gasteiger partial charge in [-0.15, -0.1) is 0 Å². The summed E-state index contributed by atoms with van der Waals surface area (Å²) in [4.78, 5) is 0. The molecule has 5 nitrogen and oxygen atoms in total. The summed E-state index contributed by atoms with van der Waals surface area (Å²) < 4.78 is 23.6. The largest absolute Gasteiger partial charge is 0.493 e. The molecule has 0 saturated carbocycles. The average Bonchev–Trinajstić information content (AvgIpc) is 2.96. The van der Waals surface area contributed by atoms with E-state index in [1.165, 1.54) is 16.7 Å². The Labute approximate surface area is 219 Å². The third-order valence-electron chi connectivity index (χ3n) is 6.73. The molecule has 0 spiro atoms. The molecule has 37 heavy (non-hydrogen) atoms. The SMILES string of the molecule is COc1cc(C[C@H]2NCCc3cc(OC)c(OCc4ccccc4)cc32)ccc1OCc1ccccc1. The predicted molar refractivity (Wildman–Crippen MR) is 146 cm³/mol. The van der Waals surface area contributed by atoms with Crippen molar-refractivity contribution in [1.29, 1.82) is 0 Å². The van der Waals surface area contributed by atoms with Gasteiger partial charge >= 0.3 is 0 Å². The van der Waals surface area contributed by atoms with Crippen LogP contribution in [0.15, 0.2) is 91.0 Å². The number of nitrogens with one attached hydrogen (secondary N) is 1. The topological polar surface area (TPSA) is 49.0 Å². The van der Waals surface area contributed by atoms with Gasteiger partial charge in [-0.25, -0.2) is 0 Å². The molecule has 5 rings (SSSR count). The smallest absolute Gasteiger partial charge is 0.162 e. The Morgan fingerprint density at radius 3 is 1.92 bits per heavy atom. The Hall–Kier alpha value is -3.96. The van der Waals surface area contributed by atoms with Gasteiger partial charge in [-0.2, -0.15) is 0 Å². The molecule has 1 aliphatic rings. The van der Waals surface area contributed by atoms with Crippen molar-refractivity contribution in [3.8, 4) is 23.0 Å². The lowest BCUT2D eigenvalue weighted by molar-refractivity contribution is 0.283. The monoisotopic (exact) mass is 495 g/mol. The third-order valence-corrected chi connectivity index (χ3v) is 6.73. The van der Waals surface area contributed by atoms with E-state index in [0.717, 1.165) is 53.5 Å². The van der Waals surface area contributed by atoms with Crippen LogP contribution in [-0.4, -0.2) is 20.8 Å². The minimum atomic E-state index is 0.162. The summed E-state index contributed by atoms with van der Waals surface area (Å²) in [5, 5.41) is 3.69. The van der Waals surface area contributed by atoms with Crippen molar-refractivity contribution in [3.05, 3.63) is 119 Å². The average molecular weight is 496 g/mol. The van der Waals surface area contributed by atoms with Gasteiger partial charge in [0.2, 0.25) is 0 Å². The van der Waals surface area contributed by atoms with E-state index in [2.05, 4.69) is 53.8 Å². The predicted octanol–water partition coefficient (Wildman–Crippen LogP) is 6.29. The summed E-state index contributed by atoms with van der Waals surface area (Å²) >= 11 is 0. The molecule has 1 aliphatic heterocycles. The van der Waals surface area contributed by atoms with E-state index in [0.29, 0.717) is 13.2 Å². The van der Waals surface area contributed by atoms with Crippen LogP contribution in [0.1, 0.15) is 33.9 Å². The van der Waals surface area contributed by atoms with Crippen LogP contribution in [0.5, 0.6) is 23.0 Å². The molecule has 1 heterocycles. The number of fused-ring (bicyclic) bond motifs is 1. The van der Waals surface area contributed by atoms with Crippen molar-refractivity contribution in [3.63, 3.8) is 0 Å². The molecule has 5 heteroatoms.